The van der Waals surface area contributed by atoms with Crippen LogP contribution in [0.25, 0.3) is 10.6 Å². The molecule has 0 aliphatic carbocycles. The summed E-state index contributed by atoms with van der Waals surface area (Å²) in [5, 5.41) is 0.840. The number of hydrogen-bond acceptors (Lipinski definition) is 5. The molecule has 1 amide bonds. The number of amides is 1. The molecule has 0 bridgehead atoms. The Morgan fingerprint density at radius 1 is 1.04 bits per heavy atom. The highest BCUT2D eigenvalue weighted by Gasteiger charge is 2.21. The third kappa shape index (κ3) is 3.41. The summed E-state index contributed by atoms with van der Waals surface area (Å²) >= 11 is 1.40. The summed E-state index contributed by atoms with van der Waals surface area (Å²) in [4.78, 5) is 19.8. The van der Waals surface area contributed by atoms with Crippen LogP contribution in [-0.2, 0) is 0 Å². The number of benzene rings is 2. The highest BCUT2D eigenvalue weighted by atomic mass is 32.1. The van der Waals surface area contributed by atoms with E-state index in [1.54, 1.807) is 38.3 Å². The fourth-order valence-electron chi connectivity index (χ4n) is 2.60. The Bertz CT molecular complexity index is 922. The topological polar surface area (TPSA) is 51.7 Å². The van der Waals surface area contributed by atoms with Crippen LogP contribution >= 0.6 is 11.3 Å². The molecule has 0 aliphatic rings. The van der Waals surface area contributed by atoms with Gasteiger partial charge in [0.15, 0.2) is 11.5 Å². The van der Waals surface area contributed by atoms with Crippen molar-refractivity contribution < 1.29 is 14.3 Å². The predicted molar refractivity (Wildman–Crippen MR) is 105 cm³/mol. The summed E-state index contributed by atoms with van der Waals surface area (Å²) in [6, 6.07) is 15.3. The lowest BCUT2D eigenvalue weighted by molar-refractivity contribution is 0.0996. The summed E-state index contributed by atoms with van der Waals surface area (Å²) in [6.07, 6.45) is 0. The van der Waals surface area contributed by atoms with E-state index in [1.807, 2.05) is 43.3 Å². The van der Waals surface area contributed by atoms with Crippen LogP contribution in [0, 0.1) is 6.92 Å². The molecule has 3 aromatic rings. The molecule has 1 heterocycles. The minimum Gasteiger partial charge on any atom is -0.493 e. The average Bonchev–Trinajstić information content (AvgIpc) is 3.08. The number of carbonyl (C=O) groups is 1. The molecule has 0 fully saturated rings. The van der Waals surface area contributed by atoms with Crippen molar-refractivity contribution in [1.29, 1.82) is 0 Å². The van der Waals surface area contributed by atoms with Crippen molar-refractivity contribution in [3.8, 4) is 22.1 Å². The Hall–Kier alpha value is -2.86. The number of thiazole rings is 1. The molecule has 134 valence electrons. The quantitative estimate of drug-likeness (QED) is 0.669. The minimum atomic E-state index is -0.102. The molecule has 0 saturated heterocycles. The second-order valence-electron chi connectivity index (χ2n) is 5.70. The summed E-state index contributed by atoms with van der Waals surface area (Å²) in [5.41, 5.74) is 2.46. The smallest absolute Gasteiger partial charge is 0.270 e. The number of aryl methyl sites for hydroxylation is 1. The molecule has 0 spiro atoms. The monoisotopic (exact) mass is 368 g/mol. The molecule has 0 atom stereocenters. The molecule has 2 aromatic carbocycles. The standard InChI is InChI=1S/C20H20N2O3S/c1-13-18(26-19(21-13)14-8-6-5-7-9-14)20(23)22(2)15-10-11-16(24-3)17(12-15)25-4/h5-12H,1-4H3. The Morgan fingerprint density at radius 3 is 2.38 bits per heavy atom. The lowest BCUT2D eigenvalue weighted by Gasteiger charge is -2.18. The maximum Gasteiger partial charge on any atom is 0.270 e. The number of hydrogen-bond donors (Lipinski definition) is 0. The van der Waals surface area contributed by atoms with Gasteiger partial charge in [-0.3, -0.25) is 4.79 Å². The minimum absolute atomic E-state index is 0.102. The summed E-state index contributed by atoms with van der Waals surface area (Å²) in [6.45, 7) is 1.86. The number of methoxy groups -OCH3 is 2. The van der Waals surface area contributed by atoms with Crippen molar-refractivity contribution in [2.75, 3.05) is 26.2 Å². The zero-order valence-corrected chi connectivity index (χ0v) is 16.0. The normalized spacial score (nSPS) is 10.5. The molecule has 0 unspecified atom stereocenters. The first-order valence-corrected chi connectivity index (χ1v) is 8.89. The van der Waals surface area contributed by atoms with Crippen molar-refractivity contribution >= 4 is 22.9 Å². The fourth-order valence-corrected chi connectivity index (χ4v) is 3.65. The number of carbonyl (C=O) groups excluding carboxylic acids is 1. The molecule has 26 heavy (non-hydrogen) atoms. The van der Waals surface area contributed by atoms with E-state index in [0.717, 1.165) is 22.0 Å². The average molecular weight is 368 g/mol. The SMILES string of the molecule is COc1ccc(N(C)C(=O)c2sc(-c3ccccc3)nc2C)cc1OC. The molecular formula is C20H20N2O3S. The Kier molecular flexibility index (Phi) is 5.23. The highest BCUT2D eigenvalue weighted by molar-refractivity contribution is 7.17. The van der Waals surface area contributed by atoms with Crippen LogP contribution in [0.1, 0.15) is 15.4 Å². The molecule has 5 nitrogen and oxygen atoms in total. The van der Waals surface area contributed by atoms with Gasteiger partial charge >= 0.3 is 0 Å². The van der Waals surface area contributed by atoms with Crippen molar-refractivity contribution in [2.24, 2.45) is 0 Å². The molecule has 0 N–H and O–H groups in total. The van der Waals surface area contributed by atoms with Crippen LogP contribution in [-0.4, -0.2) is 32.2 Å². The van der Waals surface area contributed by atoms with E-state index in [2.05, 4.69) is 4.98 Å². The van der Waals surface area contributed by atoms with Crippen molar-refractivity contribution in [2.45, 2.75) is 6.92 Å². The maximum atomic E-state index is 13.0. The van der Waals surface area contributed by atoms with Gasteiger partial charge in [-0.25, -0.2) is 4.98 Å². The first-order valence-electron chi connectivity index (χ1n) is 8.08. The van der Waals surface area contributed by atoms with Crippen molar-refractivity contribution in [3.63, 3.8) is 0 Å². The van der Waals surface area contributed by atoms with E-state index in [9.17, 15) is 4.79 Å². The maximum absolute atomic E-state index is 13.0. The van der Waals surface area contributed by atoms with E-state index < -0.39 is 0 Å². The van der Waals surface area contributed by atoms with Gasteiger partial charge in [-0.2, -0.15) is 0 Å². The molecule has 0 radical (unpaired) electrons. The van der Waals surface area contributed by atoms with Gasteiger partial charge in [0.25, 0.3) is 5.91 Å². The van der Waals surface area contributed by atoms with Crippen LogP contribution < -0.4 is 14.4 Å². The van der Waals surface area contributed by atoms with Crippen LogP contribution in [0.5, 0.6) is 11.5 Å². The Labute approximate surface area is 156 Å². The van der Waals surface area contributed by atoms with Crippen LogP contribution in [0.4, 0.5) is 5.69 Å². The summed E-state index contributed by atoms with van der Waals surface area (Å²) in [5.74, 6) is 1.10. The molecular weight excluding hydrogens is 348 g/mol. The van der Waals surface area contributed by atoms with Gasteiger partial charge in [0.1, 0.15) is 9.88 Å². The third-order valence-electron chi connectivity index (χ3n) is 4.07. The van der Waals surface area contributed by atoms with Gasteiger partial charge in [0, 0.05) is 24.4 Å². The van der Waals surface area contributed by atoms with Crippen LogP contribution in [0.3, 0.4) is 0 Å². The second kappa shape index (κ2) is 7.58. The summed E-state index contributed by atoms with van der Waals surface area (Å²) in [7, 11) is 4.89. The van der Waals surface area contributed by atoms with E-state index in [4.69, 9.17) is 9.47 Å². The first kappa shape index (κ1) is 17.9. The van der Waals surface area contributed by atoms with E-state index in [-0.39, 0.29) is 5.91 Å². The van der Waals surface area contributed by atoms with Gasteiger partial charge in [0.05, 0.1) is 19.9 Å². The van der Waals surface area contributed by atoms with Crippen molar-refractivity contribution in [3.05, 3.63) is 59.1 Å². The van der Waals surface area contributed by atoms with E-state index in [0.29, 0.717) is 16.4 Å². The fraction of sp³-hybridized carbons (Fsp3) is 0.200. The zero-order chi connectivity index (χ0) is 18.7. The number of ether oxygens (including phenoxy) is 2. The highest BCUT2D eigenvalue weighted by Crippen LogP contribution is 2.33. The molecule has 3 rings (SSSR count). The van der Waals surface area contributed by atoms with E-state index >= 15 is 0 Å². The third-order valence-corrected chi connectivity index (χ3v) is 5.27. The molecule has 0 saturated carbocycles. The van der Waals surface area contributed by atoms with Gasteiger partial charge in [-0.1, -0.05) is 30.3 Å². The number of aromatic nitrogens is 1. The Balaban J connectivity index is 1.91. The van der Waals surface area contributed by atoms with Crippen molar-refractivity contribution in [1.82, 2.24) is 4.98 Å². The summed E-state index contributed by atoms with van der Waals surface area (Å²) < 4.78 is 10.6. The number of anilines is 1. The number of rotatable bonds is 5. The predicted octanol–water partition coefficient (Wildman–Crippen LogP) is 4.41. The van der Waals surface area contributed by atoms with Crippen LogP contribution in [0.15, 0.2) is 48.5 Å². The molecule has 1 aromatic heterocycles. The largest absolute Gasteiger partial charge is 0.493 e. The molecule has 6 heteroatoms. The first-order chi connectivity index (χ1) is 12.5. The van der Waals surface area contributed by atoms with Gasteiger partial charge in [-0.05, 0) is 19.1 Å². The van der Waals surface area contributed by atoms with Crippen LogP contribution in [0.2, 0.25) is 0 Å². The lowest BCUT2D eigenvalue weighted by atomic mass is 10.2. The lowest BCUT2D eigenvalue weighted by Crippen LogP contribution is -2.26. The van der Waals surface area contributed by atoms with E-state index in [1.165, 1.54) is 11.3 Å². The zero-order valence-electron chi connectivity index (χ0n) is 15.1. The second-order valence-corrected chi connectivity index (χ2v) is 6.70. The van der Waals surface area contributed by atoms with Gasteiger partial charge < -0.3 is 14.4 Å². The number of nitrogens with zero attached hydrogens (tertiary/aromatic N) is 2. The van der Waals surface area contributed by atoms with Gasteiger partial charge in [0.2, 0.25) is 0 Å². The Morgan fingerprint density at radius 2 is 1.73 bits per heavy atom. The molecule has 0 aliphatic heterocycles. The van der Waals surface area contributed by atoms with Gasteiger partial charge in [-0.15, -0.1) is 11.3 Å².